The van der Waals surface area contributed by atoms with Crippen molar-refractivity contribution in [2.24, 2.45) is 48.6 Å². The lowest BCUT2D eigenvalue weighted by atomic mass is 10.1. The van der Waals surface area contributed by atoms with Gasteiger partial charge in [0, 0.05) is 69.5 Å². The number of fused-ring (bicyclic) bond motifs is 4. The largest absolute Gasteiger partial charge is 0.505 e. The van der Waals surface area contributed by atoms with Gasteiger partial charge in [0.2, 0.25) is 0 Å². The molecule has 14 aromatic rings. The first-order valence-electron chi connectivity index (χ1n) is 42.6. The van der Waals surface area contributed by atoms with Crippen LogP contribution in [0.3, 0.4) is 0 Å². The quantitative estimate of drug-likeness (QED) is 0.0109. The van der Waals surface area contributed by atoms with Crippen LogP contribution in [0.2, 0.25) is 0 Å². The van der Waals surface area contributed by atoms with E-state index in [-0.39, 0.29) is 150 Å². The number of benzene rings is 5. The number of anilines is 4. The number of aryl methyl sites for hydroxylation is 2. The van der Waals surface area contributed by atoms with Crippen LogP contribution in [0.4, 0.5) is 35.9 Å². The lowest BCUT2D eigenvalue weighted by molar-refractivity contribution is -0.171. The highest BCUT2D eigenvalue weighted by Crippen LogP contribution is 2.53. The van der Waals surface area contributed by atoms with Gasteiger partial charge in [-0.2, -0.15) is 122 Å². The molecule has 764 valence electrons. The van der Waals surface area contributed by atoms with Crippen molar-refractivity contribution in [3.05, 3.63) is 314 Å². The second-order valence-corrected chi connectivity index (χ2v) is 41.5. The van der Waals surface area contributed by atoms with E-state index in [1.165, 1.54) is 140 Å². The Morgan fingerprint density at radius 1 is 0.408 bits per heavy atom. The average molecular weight is 2170 g/mol. The number of aromatic nitrogens is 8. The minimum absolute atomic E-state index is 0.0352. The molecular weight excluding hydrogens is 2090 g/mol. The number of nitrogens with zero attached hydrogens (tertiary/aromatic N) is 12. The number of amidine groups is 4. The average Bonchev–Trinajstić information content (AvgIpc) is 1.15. The molecule has 6 atom stereocenters. The number of methoxy groups -OCH3 is 1. The van der Waals surface area contributed by atoms with Gasteiger partial charge in [0.1, 0.15) is 118 Å². The van der Waals surface area contributed by atoms with Crippen molar-refractivity contribution in [1.82, 2.24) is 39.1 Å². The van der Waals surface area contributed by atoms with Crippen molar-refractivity contribution >= 4 is 143 Å². The Bertz CT molecular complexity index is 7970. The number of aromatic hydroxyl groups is 4. The summed E-state index contributed by atoms with van der Waals surface area (Å²) in [6.07, 6.45) is 7.18. The van der Waals surface area contributed by atoms with E-state index in [9.17, 15) is 90.6 Å². The van der Waals surface area contributed by atoms with Crippen molar-refractivity contribution in [3.8, 4) is 91.0 Å². The number of hydrogen-bond acceptors (Lipinski definition) is 38. The van der Waals surface area contributed by atoms with Crippen LogP contribution in [-0.2, 0) is 68.5 Å². The minimum Gasteiger partial charge on any atom is -0.505 e. The maximum atomic E-state index is 13.5. The predicted molar refractivity (Wildman–Crippen MR) is 543 cm³/mol. The lowest BCUT2D eigenvalue weighted by Crippen LogP contribution is -2.35. The topological polar surface area (TPSA) is 668 Å². The monoisotopic (exact) mass is 2170 g/mol. The molecule has 0 aliphatic carbocycles. The molecule has 6 unspecified atom stereocenters. The number of rotatable bonds is 31. The number of nitrogens with one attached hydrogen (secondary N) is 4. The number of halogens is 3. The molecule has 57 heteroatoms. The smallest absolute Gasteiger partial charge is 0.391 e. The number of furan rings is 1. The van der Waals surface area contributed by atoms with Gasteiger partial charge in [0.15, 0.2) is 46.3 Å². The fourth-order valence-electron chi connectivity index (χ4n) is 14.3. The molecule has 5 aromatic carbocycles. The summed E-state index contributed by atoms with van der Waals surface area (Å²) < 4.78 is 143. The Labute approximate surface area is 842 Å². The molecule has 0 spiro atoms. The summed E-state index contributed by atoms with van der Waals surface area (Å²) in [6.45, 7) is 2.76. The van der Waals surface area contributed by atoms with Gasteiger partial charge in [0.05, 0.1) is 81.6 Å². The number of nitrogens with two attached hydrogens (primary N) is 4. The van der Waals surface area contributed by atoms with Gasteiger partial charge in [-0.1, -0.05) is 37.3 Å². The van der Waals surface area contributed by atoms with E-state index in [0.29, 0.717) is 34.2 Å². The van der Waals surface area contributed by atoms with Crippen molar-refractivity contribution < 1.29 is 119 Å². The third-order valence-corrected chi connectivity index (χ3v) is 30.3. The fourth-order valence-corrected chi connectivity index (χ4v) is 21.9. The number of alkyl halides is 3. The van der Waals surface area contributed by atoms with Crippen LogP contribution in [0.1, 0.15) is 60.1 Å². The molecule has 4 aliphatic heterocycles. The summed E-state index contributed by atoms with van der Waals surface area (Å²) in [6, 6.07) is 34.8. The molecule has 18 rings (SSSR count). The molecule has 13 heterocycles. The van der Waals surface area contributed by atoms with Gasteiger partial charge < -0.3 is 109 Å². The van der Waals surface area contributed by atoms with Crippen LogP contribution >= 0.6 is 75.4 Å². The Balaban J connectivity index is 0.000000147. The van der Waals surface area contributed by atoms with Gasteiger partial charge in [-0.3, -0.25) is 37.4 Å². The van der Waals surface area contributed by atoms with Crippen molar-refractivity contribution in [2.75, 3.05) is 28.4 Å². The first-order valence-corrected chi connectivity index (χ1v) is 52.8. The van der Waals surface area contributed by atoms with Crippen molar-refractivity contribution in [1.29, 1.82) is 0 Å². The number of hydrogen-bond donors (Lipinski definition) is 16. The highest BCUT2D eigenvalue weighted by molar-refractivity contribution is 7.66. The van der Waals surface area contributed by atoms with Crippen molar-refractivity contribution in [2.45, 2.75) is 65.1 Å². The molecule has 0 fully saturated rings. The van der Waals surface area contributed by atoms with Crippen molar-refractivity contribution in [3.63, 3.8) is 0 Å². The van der Waals surface area contributed by atoms with Crippen LogP contribution in [-0.4, -0.2) is 122 Å². The van der Waals surface area contributed by atoms with Crippen LogP contribution in [0.25, 0.3) is 45.0 Å². The summed E-state index contributed by atoms with van der Waals surface area (Å²) in [5, 5.41) is 86.7. The molecule has 4 aliphatic rings. The fraction of sp³-hybridized carbons (Fsp3) is 0.133. The van der Waals surface area contributed by atoms with Crippen LogP contribution in [0.15, 0.2) is 282 Å². The first-order chi connectivity index (χ1) is 70.4. The first kappa shape index (κ1) is 106. The van der Waals surface area contributed by atoms with Gasteiger partial charge >= 0.3 is 36.3 Å². The van der Waals surface area contributed by atoms with Crippen LogP contribution in [0, 0.1) is 5.92 Å². The molecule has 0 amide bonds. The normalized spacial score (nSPS) is 17.3. The van der Waals surface area contributed by atoms with Crippen LogP contribution in [0.5, 0.6) is 46.0 Å². The molecule has 9 aromatic heterocycles. The van der Waals surface area contributed by atoms with E-state index < -0.39 is 112 Å². The van der Waals surface area contributed by atoms with E-state index in [0.717, 1.165) is 71.9 Å². The van der Waals surface area contributed by atoms with Crippen LogP contribution < -0.4 is 107 Å². The highest BCUT2D eigenvalue weighted by atomic mass is 32.1. The van der Waals surface area contributed by atoms with E-state index in [4.69, 9.17) is 51.7 Å². The third-order valence-electron chi connectivity index (χ3n) is 21.7. The minimum atomic E-state index is -4.51. The summed E-state index contributed by atoms with van der Waals surface area (Å²) in [5.41, 5.74) is 0.310. The van der Waals surface area contributed by atoms with Gasteiger partial charge in [-0.15, -0.1) is 0 Å². The third kappa shape index (κ3) is 24.3. The summed E-state index contributed by atoms with van der Waals surface area (Å²) in [4.78, 5) is 114. The zero-order valence-corrected chi connectivity index (χ0v) is 83.0. The molecule has 147 heavy (non-hydrogen) atoms. The van der Waals surface area contributed by atoms with Gasteiger partial charge in [0.25, 0.3) is 22.2 Å². The summed E-state index contributed by atoms with van der Waals surface area (Å²) in [5.74, 6) is 15.5. The second-order valence-electron chi connectivity index (χ2n) is 31.3. The predicted octanol–water partition coefficient (Wildman–Crippen LogP) is 12.1. The second kappa shape index (κ2) is 45.8. The molecule has 0 bridgehead atoms. The zero-order valence-electron chi connectivity index (χ0n) is 76.1. The molecule has 20 N–H and O–H groups in total. The Morgan fingerprint density at radius 2 is 0.701 bits per heavy atom. The molecular formula is C90H83F3N20O26P4S4. The molecule has 0 saturated carbocycles. The molecule has 46 nitrogen and oxygen atoms in total. The Kier molecular flexibility index (Phi) is 33.0. The highest BCUT2D eigenvalue weighted by Gasteiger charge is 2.42. The molecule has 0 saturated heterocycles. The standard InChI is InChI=1S/C24H20N5O6PS.C22H21F3N5O6PS.C22H18N5O7PS.C22H24N5O7PS/c25-35-10-9-34-17-6-7-18-19(12-17)36(32,33)28-23(26-18)20-22(30)21(16-8-11-37-14-16)27-29(24(20)31)13-15-4-2-1-3-5-15;1-12(22(23,24)25)4-6-30-21(32)17(19(31)18(28-30)13-5-9-38-11-13)20-27-15-3-2-14(35-7-8-36-26)10-16(15)37(33,34)29-20;23-34-7-6-33-15-1-2-16-17(9-15)35(30,31)26-21(24-16)18-20(28)19(14-4-8-36-12-14)25-27(22(18)29)10-13-3-5-32-11-13;1-13(32-2)5-7-27-22(29)18(20(28)19(25-27)14-6-10-36-12-14)21-24-16-4-3-15(33-8-9-34-23)11-17(16)35(30,31)26-21/h1-12,14,30H,13,25H2,(H2,26,28,32,33);2-3,5,7-12,31H,4,6,26H2,1H3,(H2,27,29,33,34);1-9,11-12,28H,10,23H2,(H2,24,26,30,31);3-4,6,8-13,28H,5,7,23H2,1-2H3,(H2,24,26,30,31)/b10-9+;8-7+;7-6+;9-8+. The maximum Gasteiger partial charge on any atom is 0.391 e. The number of ether oxygens (including phenoxy) is 5. The Morgan fingerprint density at radius 3 is 0.973 bits per heavy atom. The van der Waals surface area contributed by atoms with Gasteiger partial charge in [-0.05, 0) is 150 Å². The summed E-state index contributed by atoms with van der Waals surface area (Å²) in [7, 11) is -16.1. The van der Waals surface area contributed by atoms with E-state index in [2.05, 4.69) is 80.1 Å². The maximum absolute atomic E-state index is 13.5. The van der Waals surface area contributed by atoms with E-state index in [1.807, 2.05) is 48.0 Å². The summed E-state index contributed by atoms with van der Waals surface area (Å²) >= 11 is 5.44. The zero-order chi connectivity index (χ0) is 105. The van der Waals surface area contributed by atoms with Gasteiger partial charge in [-0.25, -0.2) is 18.7 Å². The number of thiophene rings is 4. The lowest BCUT2D eigenvalue weighted by Gasteiger charge is -2.23. The van der Waals surface area contributed by atoms with E-state index in [1.54, 1.807) is 69.7 Å². The molecule has 0 radical (unpaired) electrons. The Hall–Kier alpha value is -15.5. The van der Waals surface area contributed by atoms with E-state index >= 15 is 0 Å². The SMILES string of the molecule is CC(CCn1nc(-c2ccsc2)c(O)c(C2=NP(=O)(O)c3cc(O/C=C/ON)ccc3N2)c1=O)C(F)(F)F.COC(C)CCn1nc(-c2ccsc2)c(O)c(C2=NP(=O)(O)c3cc(O/C=C/ON)ccc3N2)c1=O.NO/C=C/Oc1ccc2c(c1)P(=O)(O)N=C(c1c(O)c(-c3ccsc3)nn(Cc3ccccc3)c1=O)N2.NO/C=C/Oc1ccc2c(c1)P(=O)(O)N=C(c1c(O)c(-c3ccsc3)nn(Cc3ccoc3)c1=O)N2.